The van der Waals surface area contributed by atoms with Crippen LogP contribution in [0.3, 0.4) is 0 Å². The summed E-state index contributed by atoms with van der Waals surface area (Å²) in [6.07, 6.45) is 0. The van der Waals surface area contributed by atoms with Gasteiger partial charge in [0.1, 0.15) is 6.61 Å². The molecule has 2 aromatic carbocycles. The third kappa shape index (κ3) is 4.46. The van der Waals surface area contributed by atoms with Crippen LogP contribution in [0.5, 0.6) is 17.4 Å². The van der Waals surface area contributed by atoms with Gasteiger partial charge in [0.2, 0.25) is 5.88 Å². The van der Waals surface area contributed by atoms with Crippen LogP contribution in [-0.4, -0.2) is 53.1 Å². The van der Waals surface area contributed by atoms with Gasteiger partial charge >= 0.3 is 0 Å². The Morgan fingerprint density at radius 3 is 2.62 bits per heavy atom. The molecule has 2 aromatic heterocycles. The van der Waals surface area contributed by atoms with Crippen molar-refractivity contribution in [2.24, 2.45) is 0 Å². The molecular formula is C23H23N5O4. The van der Waals surface area contributed by atoms with Crippen molar-refractivity contribution >= 4 is 11.6 Å². The molecule has 0 fully saturated rings. The molecule has 4 aromatic rings. The van der Waals surface area contributed by atoms with Crippen molar-refractivity contribution in [1.82, 2.24) is 25.1 Å². The summed E-state index contributed by atoms with van der Waals surface area (Å²) in [6.45, 7) is 2.56. The predicted molar refractivity (Wildman–Crippen MR) is 118 cm³/mol. The molecule has 4 rings (SSSR count). The molecule has 164 valence electrons. The smallest absolute Gasteiger partial charge is 0.251 e. The normalized spacial score (nSPS) is 10.7. The van der Waals surface area contributed by atoms with Crippen LogP contribution in [0.15, 0.2) is 54.6 Å². The molecule has 9 heteroatoms. The summed E-state index contributed by atoms with van der Waals surface area (Å²) >= 11 is 0. The van der Waals surface area contributed by atoms with Crippen LogP contribution in [0.4, 0.5) is 0 Å². The Morgan fingerprint density at radius 2 is 1.84 bits per heavy atom. The molecule has 0 saturated heterocycles. The molecule has 32 heavy (non-hydrogen) atoms. The molecule has 0 saturated carbocycles. The number of benzene rings is 2. The maximum Gasteiger partial charge on any atom is 0.251 e. The van der Waals surface area contributed by atoms with Crippen LogP contribution in [-0.2, 0) is 0 Å². The number of fused-ring (bicyclic) bond motifs is 1. The number of aromatic nitrogens is 4. The fraction of sp³-hybridized carbons (Fsp3) is 0.217. The lowest BCUT2D eigenvalue weighted by atomic mass is 10.1. The van der Waals surface area contributed by atoms with Crippen LogP contribution < -0.4 is 19.5 Å². The maximum atomic E-state index is 12.2. The monoisotopic (exact) mass is 433 g/mol. The summed E-state index contributed by atoms with van der Waals surface area (Å²) in [5.74, 6) is 1.99. The van der Waals surface area contributed by atoms with E-state index in [1.807, 2.05) is 37.3 Å². The van der Waals surface area contributed by atoms with Crippen LogP contribution in [0, 0.1) is 6.92 Å². The standard InChI is InChI=1S/C23H23N5O4/c1-15-5-4-6-17(13-15)23(29)24-11-12-32-21-10-9-20-25-26-22(28(20)27-21)16-7-8-18(30-2)19(14-16)31-3/h4-10,13-14H,11-12H2,1-3H3,(H,24,29). The fourth-order valence-electron chi connectivity index (χ4n) is 3.21. The van der Waals surface area contributed by atoms with Gasteiger partial charge in [0, 0.05) is 17.2 Å². The Labute approximate surface area is 185 Å². The average Bonchev–Trinajstić information content (AvgIpc) is 3.24. The zero-order valence-electron chi connectivity index (χ0n) is 18.0. The van der Waals surface area contributed by atoms with E-state index >= 15 is 0 Å². The van der Waals surface area contributed by atoms with E-state index in [0.717, 1.165) is 11.1 Å². The van der Waals surface area contributed by atoms with Crippen molar-refractivity contribution in [1.29, 1.82) is 0 Å². The minimum atomic E-state index is -0.143. The highest BCUT2D eigenvalue weighted by Crippen LogP contribution is 2.31. The number of carbonyl (C=O) groups excluding carboxylic acids is 1. The second-order valence-electron chi connectivity index (χ2n) is 7.01. The summed E-state index contributed by atoms with van der Waals surface area (Å²) < 4.78 is 18.0. The van der Waals surface area contributed by atoms with E-state index in [4.69, 9.17) is 14.2 Å². The molecule has 9 nitrogen and oxygen atoms in total. The SMILES string of the molecule is COc1ccc(-c2nnc3ccc(OCCNC(=O)c4cccc(C)c4)nn23)cc1OC. The Morgan fingerprint density at radius 1 is 1.00 bits per heavy atom. The lowest BCUT2D eigenvalue weighted by Gasteiger charge is -2.09. The van der Waals surface area contributed by atoms with Crippen LogP contribution in [0.2, 0.25) is 0 Å². The first-order valence-corrected chi connectivity index (χ1v) is 10.0. The van der Waals surface area contributed by atoms with Gasteiger partial charge in [-0.05, 0) is 43.3 Å². The van der Waals surface area contributed by atoms with Crippen molar-refractivity contribution < 1.29 is 19.0 Å². The van der Waals surface area contributed by atoms with Crippen molar-refractivity contribution in [2.75, 3.05) is 27.4 Å². The largest absolute Gasteiger partial charge is 0.493 e. The number of nitrogens with one attached hydrogen (secondary N) is 1. The molecule has 0 radical (unpaired) electrons. The fourth-order valence-corrected chi connectivity index (χ4v) is 3.21. The minimum absolute atomic E-state index is 0.143. The molecule has 0 bridgehead atoms. The third-order valence-corrected chi connectivity index (χ3v) is 4.80. The highest BCUT2D eigenvalue weighted by molar-refractivity contribution is 5.94. The summed E-state index contributed by atoms with van der Waals surface area (Å²) in [7, 11) is 3.16. The van der Waals surface area contributed by atoms with Gasteiger partial charge in [-0.1, -0.05) is 17.7 Å². The van der Waals surface area contributed by atoms with Gasteiger partial charge in [0.25, 0.3) is 5.91 Å². The van der Waals surface area contributed by atoms with Gasteiger partial charge in [0.15, 0.2) is 23.0 Å². The van der Waals surface area contributed by atoms with Gasteiger partial charge in [0.05, 0.1) is 20.8 Å². The third-order valence-electron chi connectivity index (χ3n) is 4.80. The number of amides is 1. The molecule has 0 aliphatic heterocycles. The van der Waals surface area contributed by atoms with E-state index in [9.17, 15) is 4.79 Å². The topological polar surface area (TPSA) is 99.9 Å². The first-order valence-electron chi connectivity index (χ1n) is 10.0. The highest BCUT2D eigenvalue weighted by Gasteiger charge is 2.14. The quantitative estimate of drug-likeness (QED) is 0.427. The second-order valence-corrected chi connectivity index (χ2v) is 7.01. The maximum absolute atomic E-state index is 12.2. The lowest BCUT2D eigenvalue weighted by molar-refractivity contribution is 0.0946. The number of hydrogen-bond acceptors (Lipinski definition) is 7. The van der Waals surface area contributed by atoms with E-state index < -0.39 is 0 Å². The Kier molecular flexibility index (Phi) is 6.16. The molecule has 0 aliphatic rings. The van der Waals surface area contributed by atoms with Crippen molar-refractivity contribution in [3.63, 3.8) is 0 Å². The van der Waals surface area contributed by atoms with E-state index in [2.05, 4.69) is 20.6 Å². The summed E-state index contributed by atoms with van der Waals surface area (Å²) in [5, 5.41) is 15.7. The van der Waals surface area contributed by atoms with Crippen LogP contribution >= 0.6 is 0 Å². The minimum Gasteiger partial charge on any atom is -0.493 e. The van der Waals surface area contributed by atoms with Crippen molar-refractivity contribution in [3.05, 3.63) is 65.7 Å². The van der Waals surface area contributed by atoms with Gasteiger partial charge < -0.3 is 19.5 Å². The van der Waals surface area contributed by atoms with Crippen molar-refractivity contribution in [3.8, 4) is 28.8 Å². The predicted octanol–water partition coefficient (Wildman–Crippen LogP) is 2.93. The molecule has 0 unspecified atom stereocenters. The van der Waals surface area contributed by atoms with Crippen LogP contribution in [0.1, 0.15) is 15.9 Å². The Hall–Kier alpha value is -4.14. The number of methoxy groups -OCH3 is 2. The second kappa shape index (κ2) is 9.34. The molecular weight excluding hydrogens is 410 g/mol. The van der Waals surface area contributed by atoms with Gasteiger partial charge in [-0.25, -0.2) is 0 Å². The van der Waals surface area contributed by atoms with E-state index in [1.54, 1.807) is 43.0 Å². The lowest BCUT2D eigenvalue weighted by Crippen LogP contribution is -2.28. The number of nitrogens with zero attached hydrogens (tertiary/aromatic N) is 4. The van der Waals surface area contributed by atoms with Gasteiger partial charge in [-0.15, -0.1) is 15.3 Å². The Balaban J connectivity index is 1.44. The van der Waals surface area contributed by atoms with Crippen molar-refractivity contribution in [2.45, 2.75) is 6.92 Å². The van der Waals surface area contributed by atoms with Gasteiger partial charge in [-0.2, -0.15) is 4.52 Å². The molecule has 0 atom stereocenters. The first-order chi connectivity index (χ1) is 15.6. The number of rotatable bonds is 8. The van der Waals surface area contributed by atoms with E-state index in [1.165, 1.54) is 0 Å². The van der Waals surface area contributed by atoms with Gasteiger partial charge in [-0.3, -0.25) is 4.79 Å². The number of hydrogen-bond donors (Lipinski definition) is 1. The first kappa shape index (κ1) is 21.1. The molecule has 2 heterocycles. The number of carbonyl (C=O) groups is 1. The molecule has 0 spiro atoms. The van der Waals surface area contributed by atoms with Crippen LogP contribution in [0.25, 0.3) is 17.0 Å². The zero-order chi connectivity index (χ0) is 22.5. The molecule has 1 N–H and O–H groups in total. The summed E-state index contributed by atoms with van der Waals surface area (Å²) in [4.78, 5) is 12.2. The molecule has 0 aliphatic carbocycles. The summed E-state index contributed by atoms with van der Waals surface area (Å²) in [6, 6.07) is 16.4. The highest BCUT2D eigenvalue weighted by atomic mass is 16.5. The summed E-state index contributed by atoms with van der Waals surface area (Å²) in [5.41, 5.74) is 3.00. The number of aryl methyl sites for hydroxylation is 1. The van der Waals surface area contributed by atoms with E-state index in [-0.39, 0.29) is 12.5 Å². The zero-order valence-corrected chi connectivity index (χ0v) is 18.0. The number of ether oxygens (including phenoxy) is 3. The van der Waals surface area contributed by atoms with E-state index in [0.29, 0.717) is 41.0 Å². The molecule has 1 amide bonds. The Bertz CT molecular complexity index is 1250. The average molecular weight is 433 g/mol.